The van der Waals surface area contributed by atoms with Crippen LogP contribution in [0.1, 0.15) is 0 Å². The highest BCUT2D eigenvalue weighted by Crippen LogP contribution is 2.30. The minimum Gasteiger partial charge on any atom is -0.493 e. The van der Waals surface area contributed by atoms with Gasteiger partial charge in [0, 0.05) is 6.07 Å². The Morgan fingerprint density at radius 1 is 1.21 bits per heavy atom. The largest absolute Gasteiger partial charge is 0.493 e. The molecule has 1 aromatic carbocycles. The number of hydrogen-bond donors (Lipinski definition) is 0. The maximum Gasteiger partial charge on any atom is 0.162 e. The molecule has 74 valence electrons. The highest BCUT2D eigenvalue weighted by Gasteiger charge is 2.02. The third-order valence-electron chi connectivity index (χ3n) is 1.65. The molecule has 0 spiro atoms. The van der Waals surface area contributed by atoms with Crippen LogP contribution in [0.4, 0.5) is 5.69 Å². The lowest BCUT2D eigenvalue weighted by atomic mass is 10.3. The number of aliphatic imine (C=N–C) groups is 1. The van der Waals surface area contributed by atoms with Crippen LogP contribution in [-0.4, -0.2) is 26.7 Å². The highest BCUT2D eigenvalue weighted by atomic mass is 16.5. The second-order valence-electron chi connectivity index (χ2n) is 2.45. The van der Waals surface area contributed by atoms with Gasteiger partial charge in [-0.3, -0.25) is 9.79 Å². The van der Waals surface area contributed by atoms with E-state index in [0.717, 1.165) is 0 Å². The first-order valence-corrected chi connectivity index (χ1v) is 4.01. The summed E-state index contributed by atoms with van der Waals surface area (Å²) in [6.45, 7) is 0. The van der Waals surface area contributed by atoms with E-state index in [2.05, 4.69) is 4.99 Å². The number of carbonyl (C=O) groups is 1. The fourth-order valence-corrected chi connectivity index (χ4v) is 1.02. The standard InChI is InChI=1S/C10H11NO3/c1-13-9-4-3-8(11-5-6-12)7-10(9)14-2/h3-7H,1-2H3. The molecule has 0 fully saturated rings. The number of ether oxygens (including phenoxy) is 2. The van der Waals surface area contributed by atoms with Crippen LogP contribution in [0.15, 0.2) is 23.2 Å². The van der Waals surface area contributed by atoms with Gasteiger partial charge in [0.05, 0.1) is 26.1 Å². The maximum absolute atomic E-state index is 10.1. The lowest BCUT2D eigenvalue weighted by Gasteiger charge is -2.06. The van der Waals surface area contributed by atoms with Gasteiger partial charge in [0.25, 0.3) is 0 Å². The van der Waals surface area contributed by atoms with Crippen molar-refractivity contribution in [2.75, 3.05) is 14.2 Å². The fraction of sp³-hybridized carbons (Fsp3) is 0.200. The number of methoxy groups -OCH3 is 2. The summed E-state index contributed by atoms with van der Waals surface area (Å²) in [5.41, 5.74) is 0.648. The van der Waals surface area contributed by atoms with E-state index in [4.69, 9.17) is 9.47 Å². The van der Waals surface area contributed by atoms with Crippen molar-refractivity contribution in [1.29, 1.82) is 0 Å². The van der Waals surface area contributed by atoms with Gasteiger partial charge in [-0.05, 0) is 12.1 Å². The predicted octanol–water partition coefficient (Wildman–Crippen LogP) is 1.60. The van der Waals surface area contributed by atoms with E-state index in [-0.39, 0.29) is 0 Å². The Kier molecular flexibility index (Phi) is 3.67. The first kappa shape index (κ1) is 10.2. The summed E-state index contributed by atoms with van der Waals surface area (Å²) < 4.78 is 10.1. The Morgan fingerprint density at radius 2 is 1.93 bits per heavy atom. The molecule has 0 radical (unpaired) electrons. The third kappa shape index (κ3) is 2.32. The molecule has 1 aromatic rings. The molecule has 0 bridgehead atoms. The van der Waals surface area contributed by atoms with Crippen molar-refractivity contribution in [2.45, 2.75) is 0 Å². The molecule has 0 saturated carbocycles. The molecule has 0 aliphatic carbocycles. The normalized spacial score (nSPS) is 10.1. The molecule has 4 nitrogen and oxygen atoms in total. The average Bonchev–Trinajstić information content (AvgIpc) is 2.25. The van der Waals surface area contributed by atoms with E-state index < -0.39 is 0 Å². The number of hydrogen-bond acceptors (Lipinski definition) is 4. The molecule has 0 N–H and O–H groups in total. The fourth-order valence-electron chi connectivity index (χ4n) is 1.02. The van der Waals surface area contributed by atoms with E-state index in [9.17, 15) is 4.79 Å². The number of nitrogens with zero attached hydrogens (tertiary/aromatic N) is 1. The van der Waals surface area contributed by atoms with Crippen molar-refractivity contribution in [2.24, 2.45) is 4.99 Å². The number of rotatable bonds is 4. The minimum atomic E-state index is 0.591. The Bertz CT molecular complexity index is 347. The Morgan fingerprint density at radius 3 is 2.50 bits per heavy atom. The quantitative estimate of drug-likeness (QED) is 0.539. The summed E-state index contributed by atoms with van der Waals surface area (Å²) in [5.74, 6) is 1.23. The summed E-state index contributed by atoms with van der Waals surface area (Å²) in [6, 6.07) is 5.16. The molecule has 0 unspecified atom stereocenters. The Labute approximate surface area is 82.2 Å². The van der Waals surface area contributed by atoms with Crippen LogP contribution < -0.4 is 9.47 Å². The van der Waals surface area contributed by atoms with Gasteiger partial charge < -0.3 is 9.47 Å². The first-order valence-electron chi connectivity index (χ1n) is 4.01. The second kappa shape index (κ2) is 5.01. The number of benzene rings is 1. The van der Waals surface area contributed by atoms with Gasteiger partial charge in [-0.15, -0.1) is 0 Å². The van der Waals surface area contributed by atoms with E-state index in [1.807, 2.05) is 0 Å². The van der Waals surface area contributed by atoms with Crippen LogP contribution in [0.25, 0.3) is 0 Å². The molecule has 0 amide bonds. The van der Waals surface area contributed by atoms with Gasteiger partial charge in [0.2, 0.25) is 0 Å². The number of carbonyl (C=O) groups excluding carboxylic acids is 1. The van der Waals surface area contributed by atoms with Crippen molar-refractivity contribution < 1.29 is 14.3 Å². The van der Waals surface area contributed by atoms with Crippen LogP contribution in [0.5, 0.6) is 11.5 Å². The van der Waals surface area contributed by atoms with Gasteiger partial charge in [0.15, 0.2) is 17.8 Å². The summed E-state index contributed by atoms with van der Waals surface area (Å²) in [6.07, 6.45) is 1.80. The smallest absolute Gasteiger partial charge is 0.162 e. The first-order chi connectivity index (χ1) is 6.81. The summed E-state index contributed by atoms with van der Waals surface area (Å²) in [4.78, 5) is 13.9. The van der Waals surface area contributed by atoms with E-state index in [1.165, 1.54) is 6.21 Å². The molecule has 4 heteroatoms. The van der Waals surface area contributed by atoms with Gasteiger partial charge in [0.1, 0.15) is 0 Å². The van der Waals surface area contributed by atoms with Crippen molar-refractivity contribution in [3.05, 3.63) is 18.2 Å². The van der Waals surface area contributed by atoms with E-state index in [1.54, 1.807) is 32.4 Å². The van der Waals surface area contributed by atoms with Gasteiger partial charge in [-0.25, -0.2) is 0 Å². The molecule has 1 rings (SSSR count). The van der Waals surface area contributed by atoms with Gasteiger partial charge in [-0.1, -0.05) is 0 Å². The van der Waals surface area contributed by atoms with E-state index in [0.29, 0.717) is 23.5 Å². The van der Waals surface area contributed by atoms with Crippen molar-refractivity contribution in [3.8, 4) is 11.5 Å². The maximum atomic E-state index is 10.1. The zero-order chi connectivity index (χ0) is 10.4. The molecular formula is C10H11NO3. The summed E-state index contributed by atoms with van der Waals surface area (Å²) >= 11 is 0. The Hall–Kier alpha value is -1.84. The van der Waals surface area contributed by atoms with Crippen LogP contribution in [0, 0.1) is 0 Å². The zero-order valence-electron chi connectivity index (χ0n) is 8.06. The molecule has 0 saturated heterocycles. The molecular weight excluding hydrogens is 182 g/mol. The molecule has 14 heavy (non-hydrogen) atoms. The Balaban J connectivity index is 3.00. The average molecular weight is 193 g/mol. The summed E-state index contributed by atoms with van der Waals surface area (Å²) in [5, 5.41) is 0. The van der Waals surface area contributed by atoms with Gasteiger partial charge in [-0.2, -0.15) is 0 Å². The third-order valence-corrected chi connectivity index (χ3v) is 1.65. The number of aldehydes is 1. The molecule has 0 heterocycles. The predicted molar refractivity (Wildman–Crippen MR) is 53.8 cm³/mol. The topological polar surface area (TPSA) is 47.9 Å². The minimum absolute atomic E-state index is 0.591. The molecule has 0 aliphatic heterocycles. The second-order valence-corrected chi connectivity index (χ2v) is 2.45. The van der Waals surface area contributed by atoms with Crippen LogP contribution in [0.3, 0.4) is 0 Å². The SMILES string of the molecule is COc1ccc(N=CC=O)cc1OC. The lowest BCUT2D eigenvalue weighted by Crippen LogP contribution is -1.89. The van der Waals surface area contributed by atoms with E-state index >= 15 is 0 Å². The van der Waals surface area contributed by atoms with Crippen molar-refractivity contribution in [3.63, 3.8) is 0 Å². The van der Waals surface area contributed by atoms with Crippen LogP contribution in [-0.2, 0) is 4.79 Å². The highest BCUT2D eigenvalue weighted by molar-refractivity contribution is 6.13. The van der Waals surface area contributed by atoms with Crippen LogP contribution in [0.2, 0.25) is 0 Å². The molecule has 0 aliphatic rings. The summed E-state index contributed by atoms with van der Waals surface area (Å²) in [7, 11) is 3.11. The van der Waals surface area contributed by atoms with Crippen molar-refractivity contribution in [1.82, 2.24) is 0 Å². The molecule has 0 aromatic heterocycles. The zero-order valence-corrected chi connectivity index (χ0v) is 8.06. The van der Waals surface area contributed by atoms with Gasteiger partial charge >= 0.3 is 0 Å². The molecule has 0 atom stereocenters. The lowest BCUT2D eigenvalue weighted by molar-refractivity contribution is -0.102. The monoisotopic (exact) mass is 193 g/mol. The van der Waals surface area contributed by atoms with Crippen LogP contribution >= 0.6 is 0 Å². The van der Waals surface area contributed by atoms with Crippen molar-refractivity contribution >= 4 is 18.2 Å².